The summed E-state index contributed by atoms with van der Waals surface area (Å²) in [4.78, 5) is 21.0. The molecule has 0 aliphatic carbocycles. The third-order valence-corrected chi connectivity index (χ3v) is 3.60. The number of carbonyl (C=O) groups excluding carboxylic acids is 1. The van der Waals surface area contributed by atoms with Gasteiger partial charge in [-0.3, -0.25) is 14.8 Å². The van der Waals surface area contributed by atoms with E-state index in [9.17, 15) is 4.79 Å². The Balaban J connectivity index is 1.73. The first-order valence-electron chi connectivity index (χ1n) is 5.84. The summed E-state index contributed by atoms with van der Waals surface area (Å²) < 4.78 is 0. The fraction of sp³-hybridized carbons (Fsp3) is 0.0714. The average molecular weight is 269 g/mol. The monoisotopic (exact) mass is 269 g/mol. The zero-order valence-electron chi connectivity index (χ0n) is 10.0. The van der Waals surface area contributed by atoms with Gasteiger partial charge < -0.3 is 5.32 Å². The van der Waals surface area contributed by atoms with Crippen molar-refractivity contribution in [2.75, 3.05) is 0 Å². The van der Waals surface area contributed by atoms with Crippen molar-refractivity contribution in [2.24, 2.45) is 0 Å². The Hall–Kier alpha value is -2.27. The minimum absolute atomic E-state index is 0.0470. The molecule has 5 heteroatoms. The van der Waals surface area contributed by atoms with Gasteiger partial charge in [0.2, 0.25) is 0 Å². The maximum absolute atomic E-state index is 11.8. The van der Waals surface area contributed by atoms with E-state index in [1.165, 1.54) is 11.3 Å². The molecule has 94 valence electrons. The van der Waals surface area contributed by atoms with Crippen LogP contribution in [0.4, 0.5) is 0 Å². The number of amides is 1. The lowest BCUT2D eigenvalue weighted by Gasteiger charge is -2.04. The van der Waals surface area contributed by atoms with E-state index in [1.807, 2.05) is 35.7 Å². The van der Waals surface area contributed by atoms with Crippen molar-refractivity contribution in [2.45, 2.75) is 6.54 Å². The van der Waals surface area contributed by atoms with E-state index < -0.39 is 0 Å². The number of carbonyl (C=O) groups is 1. The molecule has 0 aliphatic heterocycles. The molecule has 1 amide bonds. The van der Waals surface area contributed by atoms with Crippen LogP contribution in [-0.4, -0.2) is 15.9 Å². The summed E-state index contributed by atoms with van der Waals surface area (Å²) in [5.41, 5.74) is 2.71. The summed E-state index contributed by atoms with van der Waals surface area (Å²) in [5.74, 6) is -0.0470. The molecule has 1 N–H and O–H groups in total. The van der Waals surface area contributed by atoms with Gasteiger partial charge in [-0.15, -0.1) is 11.3 Å². The van der Waals surface area contributed by atoms with Crippen molar-refractivity contribution >= 4 is 28.3 Å². The zero-order chi connectivity index (χ0) is 13.1. The number of hydrogen-bond acceptors (Lipinski definition) is 4. The highest BCUT2D eigenvalue weighted by atomic mass is 32.1. The highest BCUT2D eigenvalue weighted by molar-refractivity contribution is 7.12. The van der Waals surface area contributed by atoms with Crippen LogP contribution in [0.1, 0.15) is 15.2 Å². The van der Waals surface area contributed by atoms with Crippen LogP contribution in [0.15, 0.2) is 48.1 Å². The number of fused-ring (bicyclic) bond motifs is 1. The molecule has 0 radical (unpaired) electrons. The van der Waals surface area contributed by atoms with Crippen LogP contribution in [0.5, 0.6) is 0 Å². The first kappa shape index (κ1) is 11.8. The number of nitrogens with zero attached hydrogens (tertiary/aromatic N) is 2. The largest absolute Gasteiger partial charge is 0.347 e. The summed E-state index contributed by atoms with van der Waals surface area (Å²) >= 11 is 1.43. The van der Waals surface area contributed by atoms with Gasteiger partial charge in [0.15, 0.2) is 0 Å². The molecule has 0 saturated carbocycles. The molecule has 1 aromatic carbocycles. The maximum atomic E-state index is 11.8. The topological polar surface area (TPSA) is 54.9 Å². The minimum atomic E-state index is -0.0470. The highest BCUT2D eigenvalue weighted by Gasteiger charge is 2.06. The molecule has 3 aromatic rings. The molecule has 0 bridgehead atoms. The first-order chi connectivity index (χ1) is 9.33. The van der Waals surface area contributed by atoms with E-state index in [1.54, 1.807) is 12.4 Å². The van der Waals surface area contributed by atoms with Gasteiger partial charge in [-0.1, -0.05) is 12.1 Å². The number of aromatic nitrogens is 2. The van der Waals surface area contributed by atoms with Gasteiger partial charge in [-0.25, -0.2) is 0 Å². The summed E-state index contributed by atoms with van der Waals surface area (Å²) in [5, 5.41) is 4.78. The van der Waals surface area contributed by atoms with Crippen LogP contribution in [-0.2, 0) is 6.54 Å². The van der Waals surface area contributed by atoms with Gasteiger partial charge in [-0.2, -0.15) is 0 Å². The normalized spacial score (nSPS) is 10.5. The third kappa shape index (κ3) is 2.61. The Bertz CT molecular complexity index is 710. The SMILES string of the molecule is O=C(NCc1ccc2nccnc2c1)c1cccs1. The number of benzene rings is 1. The Kier molecular flexibility index (Phi) is 3.20. The Morgan fingerprint density at radius 1 is 1.16 bits per heavy atom. The van der Waals surface area contributed by atoms with E-state index in [0.29, 0.717) is 6.54 Å². The van der Waals surface area contributed by atoms with E-state index in [0.717, 1.165) is 21.5 Å². The van der Waals surface area contributed by atoms with Crippen molar-refractivity contribution in [3.05, 3.63) is 58.5 Å². The van der Waals surface area contributed by atoms with Crippen molar-refractivity contribution < 1.29 is 4.79 Å². The molecule has 19 heavy (non-hydrogen) atoms. The molecule has 0 unspecified atom stereocenters. The quantitative estimate of drug-likeness (QED) is 0.795. The molecule has 2 heterocycles. The summed E-state index contributed by atoms with van der Waals surface area (Å²) in [6.07, 6.45) is 3.33. The summed E-state index contributed by atoms with van der Waals surface area (Å²) in [7, 11) is 0. The van der Waals surface area contributed by atoms with E-state index >= 15 is 0 Å². The smallest absolute Gasteiger partial charge is 0.261 e. The number of hydrogen-bond donors (Lipinski definition) is 1. The van der Waals surface area contributed by atoms with E-state index in [4.69, 9.17) is 0 Å². The molecular weight excluding hydrogens is 258 g/mol. The predicted molar refractivity (Wildman–Crippen MR) is 75.0 cm³/mol. The molecular formula is C14H11N3OS. The second kappa shape index (κ2) is 5.16. The van der Waals surface area contributed by atoms with Crippen molar-refractivity contribution in [1.29, 1.82) is 0 Å². The Morgan fingerprint density at radius 2 is 2.00 bits per heavy atom. The third-order valence-electron chi connectivity index (χ3n) is 2.73. The second-order valence-electron chi connectivity index (χ2n) is 4.04. The second-order valence-corrected chi connectivity index (χ2v) is 4.99. The molecule has 0 saturated heterocycles. The molecule has 4 nitrogen and oxygen atoms in total. The Morgan fingerprint density at radius 3 is 2.79 bits per heavy atom. The molecule has 3 rings (SSSR count). The lowest BCUT2D eigenvalue weighted by atomic mass is 10.2. The van der Waals surface area contributed by atoms with E-state index in [2.05, 4.69) is 15.3 Å². The van der Waals surface area contributed by atoms with E-state index in [-0.39, 0.29) is 5.91 Å². The average Bonchev–Trinajstić information content (AvgIpc) is 2.99. The van der Waals surface area contributed by atoms with Crippen LogP contribution in [0.25, 0.3) is 11.0 Å². The first-order valence-corrected chi connectivity index (χ1v) is 6.72. The van der Waals surface area contributed by atoms with Gasteiger partial charge in [0.1, 0.15) is 0 Å². The maximum Gasteiger partial charge on any atom is 0.261 e. The van der Waals surface area contributed by atoms with Gasteiger partial charge in [0.25, 0.3) is 5.91 Å². The molecule has 0 fully saturated rings. The summed E-state index contributed by atoms with van der Waals surface area (Å²) in [6, 6.07) is 9.48. The minimum Gasteiger partial charge on any atom is -0.347 e. The molecule has 2 aromatic heterocycles. The fourth-order valence-electron chi connectivity index (χ4n) is 1.80. The number of thiophene rings is 1. The van der Waals surface area contributed by atoms with Crippen molar-refractivity contribution in [3.8, 4) is 0 Å². The van der Waals surface area contributed by atoms with Gasteiger partial charge in [0.05, 0.1) is 15.9 Å². The van der Waals surface area contributed by atoms with Crippen LogP contribution in [0.2, 0.25) is 0 Å². The lowest BCUT2D eigenvalue weighted by Crippen LogP contribution is -2.21. The van der Waals surface area contributed by atoms with Crippen LogP contribution in [0, 0.1) is 0 Å². The standard InChI is InChI=1S/C14H11N3OS/c18-14(13-2-1-7-19-13)17-9-10-3-4-11-12(8-10)16-6-5-15-11/h1-8H,9H2,(H,17,18). The number of nitrogens with one attached hydrogen (secondary N) is 1. The predicted octanol–water partition coefficient (Wildman–Crippen LogP) is 2.62. The zero-order valence-corrected chi connectivity index (χ0v) is 10.9. The van der Waals surface area contributed by atoms with Crippen molar-refractivity contribution in [1.82, 2.24) is 15.3 Å². The van der Waals surface area contributed by atoms with Gasteiger partial charge in [-0.05, 0) is 29.1 Å². The highest BCUT2D eigenvalue weighted by Crippen LogP contribution is 2.12. The molecule has 0 aliphatic rings. The fourth-order valence-corrected chi connectivity index (χ4v) is 2.44. The molecule has 0 atom stereocenters. The summed E-state index contributed by atoms with van der Waals surface area (Å²) in [6.45, 7) is 0.489. The van der Waals surface area contributed by atoms with Crippen LogP contribution < -0.4 is 5.32 Å². The lowest BCUT2D eigenvalue weighted by molar-refractivity contribution is 0.0955. The Labute approximate surface area is 114 Å². The molecule has 0 spiro atoms. The van der Waals surface area contributed by atoms with Crippen molar-refractivity contribution in [3.63, 3.8) is 0 Å². The van der Waals surface area contributed by atoms with Gasteiger partial charge >= 0.3 is 0 Å². The van der Waals surface area contributed by atoms with Gasteiger partial charge in [0, 0.05) is 18.9 Å². The number of rotatable bonds is 3. The van der Waals surface area contributed by atoms with Crippen LogP contribution >= 0.6 is 11.3 Å². The van der Waals surface area contributed by atoms with Crippen LogP contribution in [0.3, 0.4) is 0 Å².